The number of aliphatic hydroxyl groups is 1. The molecule has 1 fully saturated rings. The molecule has 0 saturated carbocycles. The first-order valence-electron chi connectivity index (χ1n) is 5.83. The second kappa shape index (κ2) is 5.42. The van der Waals surface area contributed by atoms with Crippen molar-refractivity contribution in [2.75, 3.05) is 20.3 Å². The van der Waals surface area contributed by atoms with Crippen LogP contribution in [0.5, 0.6) is 0 Å². The monoisotopic (exact) mass is 316 g/mol. The predicted molar refractivity (Wildman–Crippen MR) is 70.4 cm³/mol. The molecule has 0 aliphatic carbocycles. The molecule has 1 aliphatic heterocycles. The molecule has 1 aromatic rings. The van der Waals surface area contributed by atoms with Gasteiger partial charge in [0.15, 0.2) is 0 Å². The molecule has 6 heteroatoms. The third-order valence-corrected chi connectivity index (χ3v) is 3.81. The molecule has 0 spiro atoms. The van der Waals surface area contributed by atoms with E-state index >= 15 is 0 Å². The van der Waals surface area contributed by atoms with Crippen molar-refractivity contribution in [2.45, 2.75) is 18.6 Å². The predicted octanol–water partition coefficient (Wildman–Crippen LogP) is 1.01. The standard InChI is InChI=1S/C12H17BrN2O3/c1-14-5-8(13)3-11(14)12(17)15-6-10(18-2)4-9(15)7-16/h3,5,9-10,16H,4,6-7H2,1-2H3/t9-,10-/m0/s1. The molecule has 1 N–H and O–H groups in total. The molecule has 0 unspecified atom stereocenters. The maximum atomic E-state index is 12.4. The molecule has 1 aliphatic rings. The van der Waals surface area contributed by atoms with Crippen molar-refractivity contribution >= 4 is 21.8 Å². The molecule has 0 radical (unpaired) electrons. The number of nitrogens with zero attached hydrogens (tertiary/aromatic N) is 2. The lowest BCUT2D eigenvalue weighted by Crippen LogP contribution is -2.38. The van der Waals surface area contributed by atoms with Gasteiger partial charge in [-0.2, -0.15) is 0 Å². The van der Waals surface area contributed by atoms with Crippen LogP contribution < -0.4 is 0 Å². The summed E-state index contributed by atoms with van der Waals surface area (Å²) < 4.78 is 7.92. The van der Waals surface area contributed by atoms with Crippen LogP contribution in [0.25, 0.3) is 0 Å². The molecule has 0 aromatic carbocycles. The molecule has 1 aromatic heterocycles. The summed E-state index contributed by atoms with van der Waals surface area (Å²) in [5, 5.41) is 9.35. The summed E-state index contributed by atoms with van der Waals surface area (Å²) in [5.41, 5.74) is 0.608. The van der Waals surface area contributed by atoms with Gasteiger partial charge in [-0.05, 0) is 28.4 Å². The lowest BCUT2D eigenvalue weighted by Gasteiger charge is -2.22. The Morgan fingerprint density at radius 3 is 2.89 bits per heavy atom. The number of amides is 1. The SMILES string of the molecule is CO[C@H]1C[C@@H](CO)N(C(=O)c2cc(Br)cn2C)C1. The summed E-state index contributed by atoms with van der Waals surface area (Å²) in [6, 6.07) is 1.63. The van der Waals surface area contributed by atoms with Gasteiger partial charge < -0.3 is 19.3 Å². The minimum atomic E-state index is -0.156. The van der Waals surface area contributed by atoms with E-state index in [0.717, 1.165) is 4.47 Å². The van der Waals surface area contributed by atoms with Gasteiger partial charge in [-0.25, -0.2) is 0 Å². The molecule has 18 heavy (non-hydrogen) atoms. The van der Waals surface area contributed by atoms with Crippen LogP contribution in [0.2, 0.25) is 0 Å². The van der Waals surface area contributed by atoms with E-state index in [1.165, 1.54) is 0 Å². The number of aliphatic hydroxyl groups excluding tert-OH is 1. The molecule has 2 rings (SSSR count). The first-order valence-corrected chi connectivity index (χ1v) is 6.62. The Labute approximate surface area is 114 Å². The van der Waals surface area contributed by atoms with E-state index in [4.69, 9.17) is 4.74 Å². The van der Waals surface area contributed by atoms with Crippen LogP contribution in [-0.4, -0.2) is 52.9 Å². The van der Waals surface area contributed by atoms with Gasteiger partial charge >= 0.3 is 0 Å². The topological polar surface area (TPSA) is 54.7 Å². The minimum absolute atomic E-state index is 0.00908. The molecule has 2 heterocycles. The van der Waals surface area contributed by atoms with Gasteiger partial charge in [-0.1, -0.05) is 0 Å². The summed E-state index contributed by atoms with van der Waals surface area (Å²) in [6.45, 7) is 0.501. The van der Waals surface area contributed by atoms with Crippen molar-refractivity contribution in [1.82, 2.24) is 9.47 Å². The van der Waals surface area contributed by atoms with E-state index in [2.05, 4.69) is 15.9 Å². The lowest BCUT2D eigenvalue weighted by molar-refractivity contribution is 0.0638. The van der Waals surface area contributed by atoms with Crippen molar-refractivity contribution in [1.29, 1.82) is 0 Å². The average molecular weight is 317 g/mol. The Morgan fingerprint density at radius 2 is 2.39 bits per heavy atom. The van der Waals surface area contributed by atoms with Crippen LogP contribution >= 0.6 is 15.9 Å². The summed E-state index contributed by atoms with van der Waals surface area (Å²) in [7, 11) is 3.46. The van der Waals surface area contributed by atoms with Crippen LogP contribution in [0.1, 0.15) is 16.9 Å². The minimum Gasteiger partial charge on any atom is -0.394 e. The Morgan fingerprint density at radius 1 is 1.67 bits per heavy atom. The van der Waals surface area contributed by atoms with Crippen LogP contribution in [0, 0.1) is 0 Å². The van der Waals surface area contributed by atoms with Crippen LogP contribution in [0.3, 0.4) is 0 Å². The summed E-state index contributed by atoms with van der Waals surface area (Å²) in [4.78, 5) is 14.1. The zero-order valence-electron chi connectivity index (χ0n) is 10.5. The number of aryl methyl sites for hydroxylation is 1. The van der Waals surface area contributed by atoms with E-state index in [9.17, 15) is 9.90 Å². The van der Waals surface area contributed by atoms with E-state index in [-0.39, 0.29) is 24.7 Å². The van der Waals surface area contributed by atoms with Gasteiger partial charge in [0.2, 0.25) is 0 Å². The number of methoxy groups -OCH3 is 1. The number of carbonyl (C=O) groups excluding carboxylic acids is 1. The first kappa shape index (κ1) is 13.6. The number of halogens is 1. The molecule has 5 nitrogen and oxygen atoms in total. The van der Waals surface area contributed by atoms with Gasteiger partial charge in [0, 0.05) is 31.4 Å². The summed E-state index contributed by atoms with van der Waals surface area (Å²) in [5.74, 6) is -0.0678. The largest absolute Gasteiger partial charge is 0.394 e. The number of rotatable bonds is 3. The molecular weight excluding hydrogens is 300 g/mol. The fourth-order valence-electron chi connectivity index (χ4n) is 2.35. The Bertz CT molecular complexity index is 447. The van der Waals surface area contributed by atoms with E-state index in [1.807, 2.05) is 13.2 Å². The molecular formula is C12H17BrN2O3. The van der Waals surface area contributed by atoms with Gasteiger partial charge in [-0.3, -0.25) is 4.79 Å². The van der Waals surface area contributed by atoms with Crippen LogP contribution in [-0.2, 0) is 11.8 Å². The Kier molecular flexibility index (Phi) is 4.09. The van der Waals surface area contributed by atoms with Crippen molar-refractivity contribution < 1.29 is 14.6 Å². The number of hydrogen-bond donors (Lipinski definition) is 1. The molecule has 0 bridgehead atoms. The highest BCUT2D eigenvalue weighted by Crippen LogP contribution is 2.23. The van der Waals surface area contributed by atoms with Crippen LogP contribution in [0.4, 0.5) is 0 Å². The fourth-order valence-corrected chi connectivity index (χ4v) is 2.87. The highest BCUT2D eigenvalue weighted by atomic mass is 79.9. The first-order chi connectivity index (χ1) is 8.56. The number of likely N-dealkylation sites (tertiary alicyclic amines) is 1. The zero-order valence-corrected chi connectivity index (χ0v) is 12.1. The van der Waals surface area contributed by atoms with Crippen molar-refractivity contribution in [3.8, 4) is 0 Å². The quantitative estimate of drug-likeness (QED) is 0.905. The second-order valence-corrected chi connectivity index (χ2v) is 5.46. The Hall–Kier alpha value is -0.850. The van der Waals surface area contributed by atoms with Gasteiger partial charge in [0.05, 0.1) is 18.8 Å². The van der Waals surface area contributed by atoms with E-state index < -0.39 is 0 Å². The van der Waals surface area contributed by atoms with Crippen molar-refractivity contribution in [3.05, 3.63) is 22.4 Å². The van der Waals surface area contributed by atoms with E-state index in [0.29, 0.717) is 18.7 Å². The normalized spacial score (nSPS) is 23.7. The zero-order chi connectivity index (χ0) is 13.3. The third-order valence-electron chi connectivity index (χ3n) is 3.37. The number of hydrogen-bond acceptors (Lipinski definition) is 3. The Balaban J connectivity index is 2.20. The number of carbonyl (C=O) groups is 1. The maximum Gasteiger partial charge on any atom is 0.270 e. The fraction of sp³-hybridized carbons (Fsp3) is 0.583. The highest BCUT2D eigenvalue weighted by molar-refractivity contribution is 9.10. The summed E-state index contributed by atoms with van der Waals surface area (Å²) in [6.07, 6.45) is 2.53. The second-order valence-electron chi connectivity index (χ2n) is 4.54. The number of ether oxygens (including phenoxy) is 1. The van der Waals surface area contributed by atoms with Gasteiger partial charge in [-0.15, -0.1) is 0 Å². The van der Waals surface area contributed by atoms with E-state index in [1.54, 1.807) is 22.6 Å². The van der Waals surface area contributed by atoms with Crippen molar-refractivity contribution in [2.24, 2.45) is 7.05 Å². The molecule has 100 valence electrons. The smallest absolute Gasteiger partial charge is 0.270 e. The average Bonchev–Trinajstić information content (AvgIpc) is 2.91. The van der Waals surface area contributed by atoms with Crippen LogP contribution in [0.15, 0.2) is 16.7 Å². The molecule has 2 atom stereocenters. The molecule has 1 amide bonds. The highest BCUT2D eigenvalue weighted by Gasteiger charge is 2.36. The van der Waals surface area contributed by atoms with Gasteiger partial charge in [0.25, 0.3) is 5.91 Å². The van der Waals surface area contributed by atoms with Gasteiger partial charge in [0.1, 0.15) is 5.69 Å². The third kappa shape index (κ3) is 2.46. The van der Waals surface area contributed by atoms with Crippen molar-refractivity contribution in [3.63, 3.8) is 0 Å². The maximum absolute atomic E-state index is 12.4. The molecule has 1 saturated heterocycles. The lowest BCUT2D eigenvalue weighted by atomic mass is 10.2. The summed E-state index contributed by atoms with van der Waals surface area (Å²) >= 11 is 3.35. The number of aromatic nitrogens is 1.